The van der Waals surface area contributed by atoms with E-state index in [0.29, 0.717) is 12.6 Å². The van der Waals surface area contributed by atoms with Crippen LogP contribution in [0.2, 0.25) is 0 Å². The summed E-state index contributed by atoms with van der Waals surface area (Å²) < 4.78 is 0. The lowest BCUT2D eigenvalue weighted by Crippen LogP contribution is -2.35. The van der Waals surface area contributed by atoms with Crippen LogP contribution in [-0.2, 0) is 0 Å². The minimum atomic E-state index is -0.377. The van der Waals surface area contributed by atoms with Gasteiger partial charge in [-0.25, -0.2) is 0 Å². The number of nitrogens with zero attached hydrogens (tertiary/aromatic N) is 2. The van der Waals surface area contributed by atoms with Gasteiger partial charge in [0.15, 0.2) is 0 Å². The van der Waals surface area contributed by atoms with Crippen LogP contribution in [0.3, 0.4) is 0 Å². The Bertz CT molecular complexity index is 140. The molecule has 0 N–H and O–H groups in total. The molecule has 0 aromatic heterocycles. The van der Waals surface area contributed by atoms with Crippen LogP contribution in [0.1, 0.15) is 20.8 Å². The van der Waals surface area contributed by atoms with Crippen LogP contribution in [0, 0.1) is 11.3 Å². The van der Waals surface area contributed by atoms with Crippen molar-refractivity contribution in [1.82, 2.24) is 4.90 Å². The molecule has 0 saturated carbocycles. The second-order valence-electron chi connectivity index (χ2n) is 2.78. The van der Waals surface area contributed by atoms with Crippen molar-refractivity contribution in [2.75, 3.05) is 13.1 Å². The number of nitriles is 1. The first-order valence-electron chi connectivity index (χ1n) is 3.89. The van der Waals surface area contributed by atoms with Crippen molar-refractivity contribution in [3.63, 3.8) is 0 Å². The minimum absolute atomic E-state index is 0.377. The van der Waals surface area contributed by atoms with E-state index in [1.807, 2.05) is 6.07 Å². The summed E-state index contributed by atoms with van der Waals surface area (Å²) in [4.78, 5) is 2.17. The molecule has 0 radical (unpaired) electrons. The summed E-state index contributed by atoms with van der Waals surface area (Å²) in [5.74, 6) is 0. The largest absolute Gasteiger partial charge is 0.299 e. The van der Waals surface area contributed by atoms with Crippen LogP contribution < -0.4 is 0 Å². The number of alkyl halides is 1. The standard InChI is InChI=1S/C8H15ClN2/c1-4-11(7(2)3)6-8(9)5-10/h7-8H,4,6H2,1-3H3. The van der Waals surface area contributed by atoms with Crippen molar-refractivity contribution >= 4 is 11.6 Å². The number of rotatable bonds is 4. The van der Waals surface area contributed by atoms with Crippen LogP contribution in [0.15, 0.2) is 0 Å². The lowest BCUT2D eigenvalue weighted by molar-refractivity contribution is 0.240. The lowest BCUT2D eigenvalue weighted by atomic mass is 10.3. The average Bonchev–Trinajstić information content (AvgIpc) is 1.99. The Labute approximate surface area is 73.7 Å². The molecular weight excluding hydrogens is 160 g/mol. The van der Waals surface area contributed by atoms with E-state index in [1.54, 1.807) is 0 Å². The summed E-state index contributed by atoms with van der Waals surface area (Å²) >= 11 is 5.68. The van der Waals surface area contributed by atoms with Gasteiger partial charge in [-0.05, 0) is 20.4 Å². The van der Waals surface area contributed by atoms with Gasteiger partial charge in [-0.15, -0.1) is 11.6 Å². The maximum Gasteiger partial charge on any atom is 0.133 e. The molecule has 0 aromatic carbocycles. The first-order chi connectivity index (χ1) is 5.11. The zero-order valence-corrected chi connectivity index (χ0v) is 8.10. The van der Waals surface area contributed by atoms with E-state index < -0.39 is 0 Å². The highest BCUT2D eigenvalue weighted by atomic mass is 35.5. The molecule has 0 aliphatic carbocycles. The Morgan fingerprint density at radius 2 is 2.09 bits per heavy atom. The topological polar surface area (TPSA) is 27.0 Å². The Morgan fingerprint density at radius 3 is 2.36 bits per heavy atom. The van der Waals surface area contributed by atoms with E-state index in [4.69, 9.17) is 16.9 Å². The van der Waals surface area contributed by atoms with Crippen molar-refractivity contribution in [2.45, 2.75) is 32.2 Å². The van der Waals surface area contributed by atoms with Crippen LogP contribution in [0.4, 0.5) is 0 Å². The Morgan fingerprint density at radius 1 is 1.55 bits per heavy atom. The van der Waals surface area contributed by atoms with Gasteiger partial charge in [0.1, 0.15) is 5.38 Å². The Kier molecular flexibility index (Phi) is 5.27. The molecule has 1 unspecified atom stereocenters. The number of halogens is 1. The van der Waals surface area contributed by atoms with Gasteiger partial charge in [-0.2, -0.15) is 5.26 Å². The first kappa shape index (κ1) is 10.7. The molecule has 3 heteroatoms. The molecule has 2 nitrogen and oxygen atoms in total. The van der Waals surface area contributed by atoms with Gasteiger partial charge in [0.2, 0.25) is 0 Å². The molecule has 0 amide bonds. The summed E-state index contributed by atoms with van der Waals surface area (Å²) in [6.45, 7) is 7.88. The molecule has 0 aliphatic heterocycles. The maximum absolute atomic E-state index is 8.45. The molecule has 0 aliphatic rings. The van der Waals surface area contributed by atoms with Crippen LogP contribution in [0.25, 0.3) is 0 Å². The fourth-order valence-corrected chi connectivity index (χ4v) is 1.13. The normalized spacial score (nSPS) is 13.5. The average molecular weight is 175 g/mol. The molecule has 0 aromatic rings. The molecule has 11 heavy (non-hydrogen) atoms. The highest BCUT2D eigenvalue weighted by Crippen LogP contribution is 2.02. The first-order valence-corrected chi connectivity index (χ1v) is 4.33. The van der Waals surface area contributed by atoms with Crippen molar-refractivity contribution < 1.29 is 0 Å². The fraction of sp³-hybridized carbons (Fsp3) is 0.875. The number of hydrogen-bond donors (Lipinski definition) is 0. The molecule has 0 spiro atoms. The van der Waals surface area contributed by atoms with Gasteiger partial charge in [-0.1, -0.05) is 6.92 Å². The summed E-state index contributed by atoms with van der Waals surface area (Å²) in [5, 5.41) is 8.07. The van der Waals surface area contributed by atoms with Crippen LogP contribution in [0.5, 0.6) is 0 Å². The van der Waals surface area contributed by atoms with Crippen molar-refractivity contribution in [1.29, 1.82) is 5.26 Å². The van der Waals surface area contributed by atoms with E-state index in [9.17, 15) is 0 Å². The van der Waals surface area contributed by atoms with E-state index in [-0.39, 0.29) is 5.38 Å². The third-order valence-corrected chi connectivity index (χ3v) is 1.91. The molecule has 0 saturated heterocycles. The maximum atomic E-state index is 8.45. The summed E-state index contributed by atoms with van der Waals surface area (Å²) in [6, 6.07) is 2.48. The fourth-order valence-electron chi connectivity index (χ4n) is 0.952. The molecule has 0 heterocycles. The van der Waals surface area contributed by atoms with Gasteiger partial charge < -0.3 is 0 Å². The molecule has 0 rings (SSSR count). The van der Waals surface area contributed by atoms with Crippen molar-refractivity contribution in [3.8, 4) is 6.07 Å². The Balaban J connectivity index is 3.80. The lowest BCUT2D eigenvalue weighted by Gasteiger charge is -2.24. The molecule has 1 atom stereocenters. The molecule has 0 fully saturated rings. The van der Waals surface area contributed by atoms with Gasteiger partial charge in [-0.3, -0.25) is 4.90 Å². The predicted molar refractivity (Wildman–Crippen MR) is 47.6 cm³/mol. The van der Waals surface area contributed by atoms with E-state index in [2.05, 4.69) is 25.7 Å². The zero-order chi connectivity index (χ0) is 8.85. The van der Waals surface area contributed by atoms with E-state index in [0.717, 1.165) is 6.54 Å². The monoisotopic (exact) mass is 174 g/mol. The SMILES string of the molecule is CCN(CC(Cl)C#N)C(C)C. The summed E-state index contributed by atoms with van der Waals surface area (Å²) in [6.07, 6.45) is 0. The van der Waals surface area contributed by atoms with Gasteiger partial charge >= 0.3 is 0 Å². The second kappa shape index (κ2) is 5.40. The smallest absolute Gasteiger partial charge is 0.133 e. The Hall–Kier alpha value is -0.260. The third-order valence-electron chi connectivity index (χ3n) is 1.67. The minimum Gasteiger partial charge on any atom is -0.299 e. The number of hydrogen-bond acceptors (Lipinski definition) is 2. The molecule has 0 bridgehead atoms. The van der Waals surface area contributed by atoms with Crippen LogP contribution >= 0.6 is 11.6 Å². The quantitative estimate of drug-likeness (QED) is 0.609. The van der Waals surface area contributed by atoms with Gasteiger partial charge in [0.05, 0.1) is 6.07 Å². The summed E-state index contributed by atoms with van der Waals surface area (Å²) in [5.41, 5.74) is 0. The van der Waals surface area contributed by atoms with Crippen molar-refractivity contribution in [3.05, 3.63) is 0 Å². The third kappa shape index (κ3) is 4.23. The molecular formula is C8H15ClN2. The summed E-state index contributed by atoms with van der Waals surface area (Å²) in [7, 11) is 0. The molecule has 64 valence electrons. The highest BCUT2D eigenvalue weighted by Gasteiger charge is 2.11. The van der Waals surface area contributed by atoms with Crippen LogP contribution in [-0.4, -0.2) is 29.4 Å². The van der Waals surface area contributed by atoms with E-state index >= 15 is 0 Å². The zero-order valence-electron chi connectivity index (χ0n) is 7.34. The predicted octanol–water partition coefficient (Wildman–Crippen LogP) is 1.85. The van der Waals surface area contributed by atoms with Gasteiger partial charge in [0, 0.05) is 12.6 Å². The second-order valence-corrected chi connectivity index (χ2v) is 3.30. The van der Waals surface area contributed by atoms with E-state index in [1.165, 1.54) is 0 Å². The van der Waals surface area contributed by atoms with Crippen molar-refractivity contribution in [2.24, 2.45) is 0 Å². The highest BCUT2D eigenvalue weighted by molar-refractivity contribution is 6.22. The van der Waals surface area contributed by atoms with Gasteiger partial charge in [0.25, 0.3) is 0 Å².